The lowest BCUT2D eigenvalue weighted by Gasteiger charge is -2.51. The van der Waals surface area contributed by atoms with Crippen molar-refractivity contribution in [2.75, 3.05) is 12.6 Å². The van der Waals surface area contributed by atoms with Crippen LogP contribution in [0.3, 0.4) is 0 Å². The Morgan fingerprint density at radius 2 is 1.73 bits per heavy atom. The zero-order valence-corrected chi connectivity index (χ0v) is 24.4. The van der Waals surface area contributed by atoms with Crippen LogP contribution in [0, 0.1) is 17.8 Å². The van der Waals surface area contributed by atoms with Crippen LogP contribution in [0.25, 0.3) is 0 Å². The van der Waals surface area contributed by atoms with E-state index in [1.165, 1.54) is 24.1 Å². The summed E-state index contributed by atoms with van der Waals surface area (Å²) in [6, 6.07) is 13.7. The maximum absolute atomic E-state index is 13.9. The van der Waals surface area contributed by atoms with Gasteiger partial charge in [0.15, 0.2) is 9.75 Å². The maximum Gasteiger partial charge on any atom is 0.254 e. The molecule has 208 valence electrons. The molecule has 0 radical (unpaired) electrons. The number of hydrogen-bond donors (Lipinski definition) is 1. The predicted octanol–water partition coefficient (Wildman–Crippen LogP) is 4.31. The van der Waals surface area contributed by atoms with Gasteiger partial charge in [0.2, 0.25) is 11.8 Å². The van der Waals surface area contributed by atoms with Gasteiger partial charge in [0.1, 0.15) is 11.5 Å². The number of benzene rings is 2. The second kappa shape index (κ2) is 9.60. The molecule has 40 heavy (non-hydrogen) atoms. The summed E-state index contributed by atoms with van der Waals surface area (Å²) in [5.41, 5.74) is 1.83. The van der Waals surface area contributed by atoms with Gasteiger partial charge in [-0.2, -0.15) is 0 Å². The van der Waals surface area contributed by atoms with Crippen molar-refractivity contribution in [3.63, 3.8) is 0 Å². The van der Waals surface area contributed by atoms with Crippen molar-refractivity contribution >= 4 is 62.8 Å². The van der Waals surface area contributed by atoms with Crippen LogP contribution in [0.1, 0.15) is 29.9 Å². The lowest BCUT2D eigenvalue weighted by atomic mass is 9.56. The second-order valence-corrected chi connectivity index (χ2v) is 12.4. The van der Waals surface area contributed by atoms with Crippen LogP contribution in [0.4, 0.5) is 0 Å². The first-order valence-corrected chi connectivity index (χ1v) is 14.7. The van der Waals surface area contributed by atoms with Crippen LogP contribution < -0.4 is 4.74 Å². The number of carbonyl (C=O) groups excluding carboxylic acids is 4. The van der Waals surface area contributed by atoms with Gasteiger partial charge in [0.25, 0.3) is 11.8 Å². The number of nitrogens with zero attached hydrogens (tertiary/aromatic N) is 2. The van der Waals surface area contributed by atoms with E-state index in [1.807, 2.05) is 36.4 Å². The van der Waals surface area contributed by atoms with Crippen molar-refractivity contribution in [3.8, 4) is 11.5 Å². The summed E-state index contributed by atoms with van der Waals surface area (Å²) in [7, 11) is 1.42. The van der Waals surface area contributed by atoms with Gasteiger partial charge in [0, 0.05) is 17.5 Å². The van der Waals surface area contributed by atoms with Crippen molar-refractivity contribution in [3.05, 3.63) is 71.3 Å². The van der Waals surface area contributed by atoms with Crippen LogP contribution in [-0.4, -0.2) is 60.8 Å². The number of carbonyl (C=O) groups is 4. The van der Waals surface area contributed by atoms with E-state index >= 15 is 0 Å². The van der Waals surface area contributed by atoms with E-state index in [4.69, 9.17) is 27.9 Å². The van der Waals surface area contributed by atoms with Gasteiger partial charge in [-0.25, -0.2) is 0 Å². The summed E-state index contributed by atoms with van der Waals surface area (Å²) >= 11 is 17.7. The normalized spacial score (nSPS) is 33.0. The van der Waals surface area contributed by atoms with Gasteiger partial charge in [0.05, 0.1) is 30.9 Å². The highest BCUT2D eigenvalue weighted by Crippen LogP contribution is 2.66. The number of fused-ring (bicyclic) bond motifs is 4. The van der Waals surface area contributed by atoms with Gasteiger partial charge in [-0.05, 0) is 30.4 Å². The summed E-state index contributed by atoms with van der Waals surface area (Å²) in [4.78, 5) is 53.5. The number of phenols is 1. The third-order valence-electron chi connectivity index (χ3n) is 8.82. The standard InChI is InChI=1S/C29H25BrCl2N2O6/c1-40-21-11-16(35)7-8-18(21)23-17-9-10-19-22(25(37)33(24(19)36)13-15-5-3-2-4-6-15)20(17)12-28(31)26(38)34(14-30)27(39)29(23,28)32/h2-9,11,19-20,22-23,35H,10,12-14H2,1H3. The summed E-state index contributed by atoms with van der Waals surface area (Å²) in [6.07, 6.45) is 2.05. The van der Waals surface area contributed by atoms with E-state index in [9.17, 15) is 24.3 Å². The van der Waals surface area contributed by atoms with Crippen molar-refractivity contribution in [2.24, 2.45) is 17.8 Å². The molecule has 6 rings (SSSR count). The van der Waals surface area contributed by atoms with E-state index in [0.29, 0.717) is 11.1 Å². The molecule has 4 amide bonds. The molecule has 0 bridgehead atoms. The molecule has 1 saturated carbocycles. The molecule has 6 atom stereocenters. The van der Waals surface area contributed by atoms with Crippen molar-refractivity contribution in [1.82, 2.24) is 9.80 Å². The highest BCUT2D eigenvalue weighted by molar-refractivity contribution is 9.09. The first-order valence-electron chi connectivity index (χ1n) is 12.8. The van der Waals surface area contributed by atoms with Gasteiger partial charge < -0.3 is 9.84 Å². The quantitative estimate of drug-likeness (QED) is 0.225. The number of hydrogen-bond acceptors (Lipinski definition) is 6. The molecule has 2 aliphatic heterocycles. The van der Waals surface area contributed by atoms with Crippen LogP contribution in [-0.2, 0) is 25.7 Å². The molecule has 3 fully saturated rings. The van der Waals surface area contributed by atoms with Crippen LogP contribution in [0.15, 0.2) is 60.2 Å². The number of phenolic OH excluding ortho intramolecular Hbond substituents is 1. The molecule has 0 spiro atoms. The van der Waals surface area contributed by atoms with Crippen molar-refractivity contribution in [2.45, 2.75) is 35.1 Å². The van der Waals surface area contributed by atoms with E-state index < -0.39 is 45.2 Å². The Kier molecular flexibility index (Phi) is 6.55. The zero-order chi connectivity index (χ0) is 28.6. The number of likely N-dealkylation sites (tertiary alicyclic amines) is 2. The van der Waals surface area contributed by atoms with Gasteiger partial charge in [-0.15, -0.1) is 23.2 Å². The fourth-order valence-electron chi connectivity index (χ4n) is 7.02. The Labute approximate surface area is 249 Å². The third-order valence-corrected chi connectivity index (χ3v) is 10.7. The highest BCUT2D eigenvalue weighted by Gasteiger charge is 2.76. The Bertz CT molecular complexity index is 1480. The smallest absolute Gasteiger partial charge is 0.254 e. The van der Waals surface area contributed by atoms with Gasteiger partial charge >= 0.3 is 0 Å². The van der Waals surface area contributed by atoms with E-state index in [2.05, 4.69) is 15.9 Å². The van der Waals surface area contributed by atoms with Gasteiger partial charge in [-0.3, -0.25) is 29.0 Å². The van der Waals surface area contributed by atoms with Crippen molar-refractivity contribution in [1.29, 1.82) is 0 Å². The summed E-state index contributed by atoms with van der Waals surface area (Å²) in [6.45, 7) is 0.142. The molecular formula is C29H25BrCl2N2O6. The summed E-state index contributed by atoms with van der Waals surface area (Å²) < 4.78 is 5.57. The summed E-state index contributed by atoms with van der Waals surface area (Å²) in [5, 5.41) is 10.1. The molecule has 8 nitrogen and oxygen atoms in total. The van der Waals surface area contributed by atoms with Crippen molar-refractivity contribution < 1.29 is 29.0 Å². The van der Waals surface area contributed by atoms with Gasteiger partial charge in [-0.1, -0.05) is 64.0 Å². The molecule has 2 aliphatic carbocycles. The Balaban J connectivity index is 1.50. The Morgan fingerprint density at radius 3 is 2.40 bits per heavy atom. The van der Waals surface area contributed by atoms with Crippen LogP contribution in [0.5, 0.6) is 11.5 Å². The predicted molar refractivity (Wildman–Crippen MR) is 150 cm³/mol. The first-order chi connectivity index (χ1) is 19.1. The number of methoxy groups -OCH3 is 1. The van der Waals surface area contributed by atoms with E-state index in [1.54, 1.807) is 6.07 Å². The monoisotopic (exact) mass is 646 g/mol. The number of imide groups is 2. The Hall–Kier alpha value is -2.88. The number of aromatic hydroxyl groups is 1. The van der Waals surface area contributed by atoms with Crippen LogP contribution in [0.2, 0.25) is 0 Å². The molecule has 0 aromatic heterocycles. The Morgan fingerprint density at radius 1 is 1.00 bits per heavy atom. The lowest BCUT2D eigenvalue weighted by Crippen LogP contribution is -2.60. The van der Waals surface area contributed by atoms with E-state index in [-0.39, 0.29) is 48.2 Å². The molecule has 6 unspecified atom stereocenters. The average Bonchev–Trinajstić information content (AvgIpc) is 3.27. The number of amides is 4. The minimum absolute atomic E-state index is 0.0598. The molecule has 2 saturated heterocycles. The largest absolute Gasteiger partial charge is 0.508 e. The highest BCUT2D eigenvalue weighted by atomic mass is 79.9. The van der Waals surface area contributed by atoms with E-state index in [0.717, 1.165) is 10.5 Å². The number of alkyl halides is 3. The van der Waals surface area contributed by atoms with Crippen LogP contribution >= 0.6 is 39.1 Å². The minimum Gasteiger partial charge on any atom is -0.508 e. The molecule has 11 heteroatoms. The lowest BCUT2D eigenvalue weighted by molar-refractivity contribution is -0.141. The molecule has 4 aliphatic rings. The second-order valence-electron chi connectivity index (χ2n) is 10.7. The molecule has 1 N–H and O–H groups in total. The number of rotatable bonds is 5. The summed E-state index contributed by atoms with van der Waals surface area (Å²) in [5.74, 6) is -4.70. The molecule has 2 aromatic carbocycles. The minimum atomic E-state index is -1.94. The first kappa shape index (κ1) is 27.3. The molecule has 2 aromatic rings. The molecular weight excluding hydrogens is 623 g/mol. The zero-order valence-electron chi connectivity index (χ0n) is 21.4. The fourth-order valence-corrected chi connectivity index (χ4v) is 8.44. The number of allylic oxidation sites excluding steroid dienone is 2. The fraction of sp³-hybridized carbons (Fsp3) is 0.379. The number of ether oxygens (including phenoxy) is 1. The third kappa shape index (κ3) is 3.56. The SMILES string of the molecule is COc1cc(O)ccc1C1C2=CCC3C(=O)N(Cc4ccccc4)C(=O)C3C2CC2(Cl)C(=O)N(CBr)C(=O)C12Cl. The maximum atomic E-state index is 13.9. The number of halogens is 3. The topological polar surface area (TPSA) is 104 Å². The molecule has 2 heterocycles. The average molecular weight is 648 g/mol.